The summed E-state index contributed by atoms with van der Waals surface area (Å²) < 4.78 is 39.9. The Labute approximate surface area is 139 Å². The summed E-state index contributed by atoms with van der Waals surface area (Å²) >= 11 is 0. The molecule has 0 bridgehead atoms. The maximum atomic E-state index is 12.7. The Morgan fingerprint density at radius 1 is 1.17 bits per heavy atom. The van der Waals surface area contributed by atoms with Crippen molar-refractivity contribution in [3.63, 3.8) is 0 Å². The lowest BCUT2D eigenvalue weighted by Crippen LogP contribution is -2.14. The van der Waals surface area contributed by atoms with Crippen LogP contribution in [0.3, 0.4) is 0 Å². The van der Waals surface area contributed by atoms with Crippen LogP contribution in [0, 0.1) is 0 Å². The van der Waals surface area contributed by atoms with E-state index in [-0.39, 0.29) is 0 Å². The van der Waals surface area contributed by atoms with Gasteiger partial charge in [0, 0.05) is 12.3 Å². The SMILES string of the molecule is CN(C)CCCc1nc(C2CC2)nn1-c1ccc(C(F)(F)F)cc1. The summed E-state index contributed by atoms with van der Waals surface area (Å²) in [5.74, 6) is 2.04. The number of hydrogen-bond acceptors (Lipinski definition) is 3. The predicted octanol–water partition coefficient (Wildman–Crippen LogP) is 3.66. The van der Waals surface area contributed by atoms with Crippen molar-refractivity contribution in [2.75, 3.05) is 20.6 Å². The van der Waals surface area contributed by atoms with E-state index < -0.39 is 11.7 Å². The topological polar surface area (TPSA) is 34.0 Å². The number of rotatable bonds is 6. The molecule has 7 heteroatoms. The molecule has 0 atom stereocenters. The Hall–Kier alpha value is -1.89. The fraction of sp³-hybridized carbons (Fsp3) is 0.529. The number of hydrogen-bond donors (Lipinski definition) is 0. The molecule has 0 N–H and O–H groups in total. The molecule has 1 fully saturated rings. The Balaban J connectivity index is 1.85. The second-order valence-corrected chi connectivity index (χ2v) is 6.52. The minimum atomic E-state index is -4.32. The van der Waals surface area contributed by atoms with Crippen molar-refractivity contribution in [1.82, 2.24) is 19.7 Å². The van der Waals surface area contributed by atoms with Crippen LogP contribution in [-0.4, -0.2) is 40.3 Å². The van der Waals surface area contributed by atoms with Gasteiger partial charge in [0.05, 0.1) is 11.3 Å². The fourth-order valence-corrected chi connectivity index (χ4v) is 2.59. The molecule has 0 unspecified atom stereocenters. The molecule has 1 saturated carbocycles. The van der Waals surface area contributed by atoms with Gasteiger partial charge in [0.25, 0.3) is 0 Å². The summed E-state index contributed by atoms with van der Waals surface area (Å²) in [6.45, 7) is 0.929. The van der Waals surface area contributed by atoms with E-state index in [4.69, 9.17) is 0 Å². The van der Waals surface area contributed by atoms with Crippen LogP contribution in [0.25, 0.3) is 5.69 Å². The fourth-order valence-electron chi connectivity index (χ4n) is 2.59. The molecule has 1 aliphatic rings. The van der Waals surface area contributed by atoms with Crippen LogP contribution in [-0.2, 0) is 12.6 Å². The lowest BCUT2D eigenvalue weighted by molar-refractivity contribution is -0.137. The first kappa shape index (κ1) is 17.0. The highest BCUT2D eigenvalue weighted by molar-refractivity contribution is 5.36. The van der Waals surface area contributed by atoms with Gasteiger partial charge in [-0.3, -0.25) is 0 Å². The number of nitrogens with zero attached hydrogens (tertiary/aromatic N) is 4. The van der Waals surface area contributed by atoms with E-state index in [0.717, 1.165) is 56.0 Å². The van der Waals surface area contributed by atoms with Gasteiger partial charge in [-0.2, -0.15) is 18.3 Å². The highest BCUT2D eigenvalue weighted by Gasteiger charge is 2.31. The minimum absolute atomic E-state index is 0.410. The van der Waals surface area contributed by atoms with E-state index >= 15 is 0 Å². The molecule has 24 heavy (non-hydrogen) atoms. The summed E-state index contributed by atoms with van der Waals surface area (Å²) in [7, 11) is 4.02. The van der Waals surface area contributed by atoms with Gasteiger partial charge < -0.3 is 4.90 Å². The van der Waals surface area contributed by atoms with E-state index in [0.29, 0.717) is 11.6 Å². The van der Waals surface area contributed by atoms with Crippen LogP contribution < -0.4 is 0 Å². The van der Waals surface area contributed by atoms with Crippen LogP contribution >= 0.6 is 0 Å². The first-order valence-corrected chi connectivity index (χ1v) is 8.13. The summed E-state index contributed by atoms with van der Waals surface area (Å²) in [6, 6.07) is 5.11. The third-order valence-electron chi connectivity index (χ3n) is 4.08. The van der Waals surface area contributed by atoms with Gasteiger partial charge in [0.2, 0.25) is 0 Å². The molecule has 2 aromatic rings. The van der Waals surface area contributed by atoms with Gasteiger partial charge in [0.15, 0.2) is 5.82 Å². The molecule has 0 aliphatic heterocycles. The summed E-state index contributed by atoms with van der Waals surface area (Å²) in [4.78, 5) is 6.73. The quantitative estimate of drug-likeness (QED) is 0.806. The Bertz CT molecular complexity index is 685. The highest BCUT2D eigenvalue weighted by atomic mass is 19.4. The van der Waals surface area contributed by atoms with E-state index in [9.17, 15) is 13.2 Å². The smallest absolute Gasteiger partial charge is 0.309 e. The zero-order chi connectivity index (χ0) is 17.3. The molecule has 0 spiro atoms. The van der Waals surface area contributed by atoms with Crippen LogP contribution in [0.15, 0.2) is 24.3 Å². The molecule has 4 nitrogen and oxygen atoms in total. The van der Waals surface area contributed by atoms with E-state index in [1.54, 1.807) is 4.68 Å². The van der Waals surface area contributed by atoms with Crippen molar-refractivity contribution >= 4 is 0 Å². The maximum absolute atomic E-state index is 12.7. The standard InChI is InChI=1S/C17H21F3N4/c1-23(2)11-3-4-15-21-16(12-5-6-12)22-24(15)14-9-7-13(8-10-14)17(18,19)20/h7-10,12H,3-6,11H2,1-2H3. The number of aromatic nitrogens is 3. The first-order chi connectivity index (χ1) is 11.3. The molecule has 1 aromatic carbocycles. The summed E-state index contributed by atoms with van der Waals surface area (Å²) in [5.41, 5.74) is -0.0230. The molecule has 3 rings (SSSR count). The molecular formula is C17H21F3N4. The molecular weight excluding hydrogens is 317 g/mol. The molecule has 1 aliphatic carbocycles. The van der Waals surface area contributed by atoms with Crippen LogP contribution in [0.5, 0.6) is 0 Å². The van der Waals surface area contributed by atoms with E-state index in [1.807, 2.05) is 14.1 Å². The largest absolute Gasteiger partial charge is 0.416 e. The van der Waals surface area contributed by atoms with E-state index in [1.165, 1.54) is 12.1 Å². The highest BCUT2D eigenvalue weighted by Crippen LogP contribution is 2.38. The summed E-state index contributed by atoms with van der Waals surface area (Å²) in [6.07, 6.45) is -0.466. The third-order valence-corrected chi connectivity index (χ3v) is 4.08. The van der Waals surface area contributed by atoms with Crippen molar-refractivity contribution in [2.45, 2.75) is 37.8 Å². The Morgan fingerprint density at radius 2 is 1.83 bits per heavy atom. The van der Waals surface area contributed by atoms with Crippen LogP contribution in [0.1, 0.15) is 42.4 Å². The van der Waals surface area contributed by atoms with Gasteiger partial charge in [-0.05, 0) is 64.2 Å². The average Bonchev–Trinajstić information content (AvgIpc) is 3.27. The second-order valence-electron chi connectivity index (χ2n) is 6.52. The van der Waals surface area contributed by atoms with Gasteiger partial charge in [-0.25, -0.2) is 9.67 Å². The molecule has 0 amide bonds. The molecule has 130 valence electrons. The lowest BCUT2D eigenvalue weighted by Gasteiger charge is -2.11. The molecule has 1 heterocycles. The first-order valence-electron chi connectivity index (χ1n) is 8.13. The van der Waals surface area contributed by atoms with Crippen molar-refractivity contribution in [3.05, 3.63) is 41.5 Å². The van der Waals surface area contributed by atoms with Gasteiger partial charge in [-0.1, -0.05) is 0 Å². The molecule has 1 aromatic heterocycles. The van der Waals surface area contributed by atoms with Crippen molar-refractivity contribution in [1.29, 1.82) is 0 Å². The molecule has 0 saturated heterocycles. The van der Waals surface area contributed by atoms with Crippen molar-refractivity contribution < 1.29 is 13.2 Å². The maximum Gasteiger partial charge on any atom is 0.416 e. The van der Waals surface area contributed by atoms with E-state index in [2.05, 4.69) is 15.0 Å². The Morgan fingerprint density at radius 3 is 2.38 bits per heavy atom. The monoisotopic (exact) mass is 338 g/mol. The zero-order valence-electron chi connectivity index (χ0n) is 13.8. The third kappa shape index (κ3) is 3.95. The molecule has 0 radical (unpaired) electrons. The van der Waals surface area contributed by atoms with Crippen molar-refractivity contribution in [3.8, 4) is 5.69 Å². The normalized spacial score (nSPS) is 15.2. The van der Waals surface area contributed by atoms with Gasteiger partial charge >= 0.3 is 6.18 Å². The Kier molecular flexibility index (Phi) is 4.62. The number of benzene rings is 1. The van der Waals surface area contributed by atoms with Crippen LogP contribution in [0.2, 0.25) is 0 Å². The zero-order valence-corrected chi connectivity index (χ0v) is 13.8. The van der Waals surface area contributed by atoms with Gasteiger partial charge in [-0.15, -0.1) is 0 Å². The minimum Gasteiger partial charge on any atom is -0.309 e. The number of halogens is 3. The van der Waals surface area contributed by atoms with Crippen molar-refractivity contribution in [2.24, 2.45) is 0 Å². The summed E-state index contributed by atoms with van der Waals surface area (Å²) in [5, 5.41) is 4.54. The second kappa shape index (κ2) is 6.55. The van der Waals surface area contributed by atoms with Gasteiger partial charge in [0.1, 0.15) is 5.82 Å². The lowest BCUT2D eigenvalue weighted by atomic mass is 10.2. The number of alkyl halides is 3. The average molecular weight is 338 g/mol. The predicted molar refractivity (Wildman–Crippen MR) is 85.2 cm³/mol. The van der Waals surface area contributed by atoms with Crippen LogP contribution in [0.4, 0.5) is 13.2 Å². The number of aryl methyl sites for hydroxylation is 1.